The first-order valence-electron chi connectivity index (χ1n) is 8.75. The third-order valence-electron chi connectivity index (χ3n) is 4.95. The Kier molecular flexibility index (Phi) is 4.42. The first-order valence-corrected chi connectivity index (χ1v) is 10.2. The van der Waals surface area contributed by atoms with Crippen molar-refractivity contribution >= 4 is 21.6 Å². The van der Waals surface area contributed by atoms with E-state index in [4.69, 9.17) is 0 Å². The van der Waals surface area contributed by atoms with Crippen LogP contribution in [-0.4, -0.2) is 40.5 Å². The molecule has 0 aliphatic carbocycles. The lowest BCUT2D eigenvalue weighted by molar-refractivity contribution is 0.0942. The Morgan fingerprint density at radius 2 is 1.96 bits per heavy atom. The van der Waals surface area contributed by atoms with E-state index < -0.39 is 10.0 Å². The molecule has 0 bridgehead atoms. The fourth-order valence-electron chi connectivity index (χ4n) is 3.31. The number of sulfonamides is 1. The number of rotatable bonds is 5. The van der Waals surface area contributed by atoms with Crippen molar-refractivity contribution in [3.63, 3.8) is 0 Å². The molecule has 0 saturated carbocycles. The Balaban J connectivity index is 1.56. The summed E-state index contributed by atoms with van der Waals surface area (Å²) >= 11 is 0. The average molecular weight is 371 g/mol. The SMILES string of the molecule is O=C(NCC1CNC1)c1cccc(S(=O)(=O)N2CCc3ccccc32)c1. The van der Waals surface area contributed by atoms with Crippen LogP contribution in [-0.2, 0) is 16.4 Å². The summed E-state index contributed by atoms with van der Waals surface area (Å²) in [5.74, 6) is 0.211. The monoisotopic (exact) mass is 371 g/mol. The summed E-state index contributed by atoms with van der Waals surface area (Å²) in [5, 5.41) is 6.03. The van der Waals surface area contributed by atoms with Gasteiger partial charge in [-0.25, -0.2) is 8.42 Å². The van der Waals surface area contributed by atoms with Crippen molar-refractivity contribution in [1.29, 1.82) is 0 Å². The standard InChI is InChI=1S/C19H21N3O3S/c23-19(21-13-14-11-20-12-14)16-5-3-6-17(10-16)26(24,25)22-9-8-15-4-1-2-7-18(15)22/h1-7,10,14,20H,8-9,11-13H2,(H,21,23). The smallest absolute Gasteiger partial charge is 0.264 e. The fraction of sp³-hybridized carbons (Fsp3) is 0.316. The highest BCUT2D eigenvalue weighted by Gasteiger charge is 2.31. The van der Waals surface area contributed by atoms with Gasteiger partial charge in [0.1, 0.15) is 0 Å². The highest BCUT2D eigenvalue weighted by atomic mass is 32.2. The second kappa shape index (κ2) is 6.74. The maximum atomic E-state index is 13.1. The molecule has 0 radical (unpaired) electrons. The van der Waals surface area contributed by atoms with Gasteiger partial charge in [0.05, 0.1) is 10.6 Å². The molecule has 1 amide bonds. The first kappa shape index (κ1) is 17.1. The molecule has 2 aliphatic heterocycles. The molecule has 2 heterocycles. The third-order valence-corrected chi connectivity index (χ3v) is 6.76. The topological polar surface area (TPSA) is 78.5 Å². The lowest BCUT2D eigenvalue weighted by Crippen LogP contribution is -2.48. The van der Waals surface area contributed by atoms with Crippen molar-refractivity contribution in [2.45, 2.75) is 11.3 Å². The summed E-state index contributed by atoms with van der Waals surface area (Å²) in [6, 6.07) is 13.8. The normalized spacial score (nSPS) is 16.8. The zero-order valence-electron chi connectivity index (χ0n) is 14.3. The van der Waals surface area contributed by atoms with Gasteiger partial charge >= 0.3 is 0 Å². The number of hydrogen-bond donors (Lipinski definition) is 2. The summed E-state index contributed by atoms with van der Waals surface area (Å²) in [4.78, 5) is 12.5. The number of anilines is 1. The highest BCUT2D eigenvalue weighted by molar-refractivity contribution is 7.92. The van der Waals surface area contributed by atoms with Crippen molar-refractivity contribution in [3.8, 4) is 0 Å². The van der Waals surface area contributed by atoms with Gasteiger partial charge in [0.25, 0.3) is 15.9 Å². The van der Waals surface area contributed by atoms with E-state index in [1.54, 1.807) is 18.2 Å². The van der Waals surface area contributed by atoms with E-state index in [2.05, 4.69) is 10.6 Å². The van der Waals surface area contributed by atoms with Crippen LogP contribution >= 0.6 is 0 Å². The fourth-order valence-corrected chi connectivity index (χ4v) is 4.86. The molecule has 0 spiro atoms. The van der Waals surface area contributed by atoms with Crippen molar-refractivity contribution < 1.29 is 13.2 Å². The second-order valence-electron chi connectivity index (χ2n) is 6.72. The van der Waals surface area contributed by atoms with E-state index in [0.717, 1.165) is 24.3 Å². The molecular formula is C19H21N3O3S. The minimum Gasteiger partial charge on any atom is -0.352 e. The molecule has 0 unspecified atom stereocenters. The van der Waals surface area contributed by atoms with Gasteiger partial charge in [0.15, 0.2) is 0 Å². The quantitative estimate of drug-likeness (QED) is 0.833. The number of amides is 1. The Labute approximate surface area is 153 Å². The van der Waals surface area contributed by atoms with Gasteiger partial charge in [-0.1, -0.05) is 24.3 Å². The third kappa shape index (κ3) is 3.08. The molecule has 4 rings (SSSR count). The van der Waals surface area contributed by atoms with Gasteiger partial charge in [-0.15, -0.1) is 0 Å². The molecule has 6 nitrogen and oxygen atoms in total. The van der Waals surface area contributed by atoms with Crippen LogP contribution in [0, 0.1) is 5.92 Å². The zero-order chi connectivity index (χ0) is 18.1. The van der Waals surface area contributed by atoms with Crippen LogP contribution in [0.25, 0.3) is 0 Å². The van der Waals surface area contributed by atoms with Gasteiger partial charge in [-0.05, 0) is 36.2 Å². The minimum atomic E-state index is -3.69. The predicted octanol–water partition coefficient (Wildman–Crippen LogP) is 1.39. The maximum Gasteiger partial charge on any atom is 0.264 e. The molecule has 2 aliphatic rings. The molecule has 2 aromatic carbocycles. The van der Waals surface area contributed by atoms with Gasteiger partial charge in [0, 0.05) is 37.7 Å². The van der Waals surface area contributed by atoms with E-state index in [1.807, 2.05) is 24.3 Å². The number of para-hydroxylation sites is 1. The maximum absolute atomic E-state index is 13.1. The number of nitrogens with zero attached hydrogens (tertiary/aromatic N) is 1. The lowest BCUT2D eigenvalue weighted by Gasteiger charge is -2.27. The molecule has 1 saturated heterocycles. The van der Waals surface area contributed by atoms with E-state index >= 15 is 0 Å². The van der Waals surface area contributed by atoms with Crippen molar-refractivity contribution in [1.82, 2.24) is 10.6 Å². The van der Waals surface area contributed by atoms with Crippen molar-refractivity contribution in [3.05, 3.63) is 59.7 Å². The lowest BCUT2D eigenvalue weighted by atomic mass is 10.0. The summed E-state index contributed by atoms with van der Waals surface area (Å²) in [6.07, 6.45) is 0.699. The number of hydrogen-bond acceptors (Lipinski definition) is 4. The molecule has 0 aromatic heterocycles. The molecule has 0 atom stereocenters. The summed E-state index contributed by atoms with van der Waals surface area (Å²) < 4.78 is 27.6. The molecule has 26 heavy (non-hydrogen) atoms. The van der Waals surface area contributed by atoms with E-state index in [-0.39, 0.29) is 10.8 Å². The van der Waals surface area contributed by atoms with Crippen LogP contribution in [0.15, 0.2) is 53.4 Å². The number of nitrogens with one attached hydrogen (secondary N) is 2. The van der Waals surface area contributed by atoms with Crippen LogP contribution in [0.3, 0.4) is 0 Å². The van der Waals surface area contributed by atoms with Crippen LogP contribution in [0.5, 0.6) is 0 Å². The molecule has 2 aromatic rings. The van der Waals surface area contributed by atoms with Gasteiger partial charge in [-0.2, -0.15) is 0 Å². The Morgan fingerprint density at radius 1 is 1.15 bits per heavy atom. The zero-order valence-corrected chi connectivity index (χ0v) is 15.1. The molecular weight excluding hydrogens is 350 g/mol. The molecule has 136 valence electrons. The Bertz CT molecular complexity index is 939. The van der Waals surface area contributed by atoms with Crippen LogP contribution in [0.1, 0.15) is 15.9 Å². The number of benzene rings is 2. The number of carbonyl (C=O) groups excluding carboxylic acids is 1. The number of fused-ring (bicyclic) bond motifs is 1. The van der Waals surface area contributed by atoms with Crippen LogP contribution in [0.2, 0.25) is 0 Å². The highest BCUT2D eigenvalue weighted by Crippen LogP contribution is 2.32. The van der Waals surface area contributed by atoms with Gasteiger partial charge < -0.3 is 10.6 Å². The number of carbonyl (C=O) groups is 1. The summed E-state index contributed by atoms with van der Waals surface area (Å²) in [7, 11) is -3.69. The summed E-state index contributed by atoms with van der Waals surface area (Å²) in [6.45, 7) is 2.83. The summed E-state index contributed by atoms with van der Waals surface area (Å²) in [5.41, 5.74) is 2.12. The van der Waals surface area contributed by atoms with E-state index in [1.165, 1.54) is 10.4 Å². The van der Waals surface area contributed by atoms with Gasteiger partial charge in [0.2, 0.25) is 0 Å². The van der Waals surface area contributed by atoms with Crippen LogP contribution < -0.4 is 14.9 Å². The molecule has 7 heteroatoms. The van der Waals surface area contributed by atoms with Crippen LogP contribution in [0.4, 0.5) is 5.69 Å². The van der Waals surface area contributed by atoms with Crippen molar-refractivity contribution in [2.75, 3.05) is 30.5 Å². The second-order valence-corrected chi connectivity index (χ2v) is 8.58. The average Bonchev–Trinajstić information content (AvgIpc) is 3.05. The Morgan fingerprint density at radius 3 is 2.73 bits per heavy atom. The molecule has 1 fully saturated rings. The van der Waals surface area contributed by atoms with Crippen molar-refractivity contribution in [2.24, 2.45) is 5.92 Å². The Hall–Kier alpha value is -2.38. The first-order chi connectivity index (χ1) is 12.6. The minimum absolute atomic E-state index is 0.146. The van der Waals surface area contributed by atoms with E-state index in [0.29, 0.717) is 31.0 Å². The van der Waals surface area contributed by atoms with E-state index in [9.17, 15) is 13.2 Å². The predicted molar refractivity (Wildman–Crippen MR) is 99.8 cm³/mol. The molecule has 2 N–H and O–H groups in total. The largest absolute Gasteiger partial charge is 0.352 e. The van der Waals surface area contributed by atoms with Gasteiger partial charge in [-0.3, -0.25) is 9.10 Å².